The van der Waals surface area contributed by atoms with Crippen LogP contribution in [0.5, 0.6) is 0 Å². The fraction of sp³-hybridized carbons (Fsp3) is 0.643. The Kier molecular flexibility index (Phi) is 5.82. The Morgan fingerprint density at radius 2 is 2.30 bits per heavy atom. The molecule has 0 bridgehead atoms. The summed E-state index contributed by atoms with van der Waals surface area (Å²) in [6.07, 6.45) is 1.33. The molecule has 0 saturated heterocycles. The van der Waals surface area contributed by atoms with Crippen LogP contribution in [0.1, 0.15) is 23.8 Å². The molecule has 112 valence electrons. The van der Waals surface area contributed by atoms with Gasteiger partial charge in [-0.3, -0.25) is 4.90 Å². The van der Waals surface area contributed by atoms with Crippen LogP contribution in [0.15, 0.2) is 11.4 Å². The Labute approximate surface area is 124 Å². The highest BCUT2D eigenvalue weighted by atomic mass is 32.1. The second-order valence-corrected chi connectivity index (χ2v) is 6.22. The maximum atomic E-state index is 11.5. The Morgan fingerprint density at radius 1 is 1.50 bits per heavy atom. The summed E-state index contributed by atoms with van der Waals surface area (Å²) >= 11 is 1.84. The SMILES string of the molecule is CC(O)CCNC(=O)NCCN1CCc2sccc2C1. The smallest absolute Gasteiger partial charge is 0.314 e. The van der Waals surface area contributed by atoms with Crippen molar-refractivity contribution in [3.63, 3.8) is 0 Å². The zero-order valence-electron chi connectivity index (χ0n) is 11.9. The molecular weight excluding hydrogens is 274 g/mol. The third kappa shape index (κ3) is 4.77. The molecule has 20 heavy (non-hydrogen) atoms. The number of nitrogens with one attached hydrogen (secondary N) is 2. The lowest BCUT2D eigenvalue weighted by atomic mass is 10.1. The van der Waals surface area contributed by atoms with Gasteiger partial charge in [-0.05, 0) is 36.8 Å². The molecule has 1 aliphatic heterocycles. The van der Waals surface area contributed by atoms with E-state index in [1.807, 2.05) is 11.3 Å². The number of carbonyl (C=O) groups is 1. The van der Waals surface area contributed by atoms with Crippen LogP contribution in [-0.4, -0.2) is 48.3 Å². The van der Waals surface area contributed by atoms with Crippen LogP contribution >= 0.6 is 11.3 Å². The molecule has 3 N–H and O–H groups in total. The minimum absolute atomic E-state index is 0.154. The van der Waals surface area contributed by atoms with Gasteiger partial charge in [-0.1, -0.05) is 0 Å². The number of fused-ring (bicyclic) bond motifs is 1. The van der Waals surface area contributed by atoms with Crippen molar-refractivity contribution in [3.8, 4) is 0 Å². The van der Waals surface area contributed by atoms with Gasteiger partial charge in [-0.15, -0.1) is 11.3 Å². The van der Waals surface area contributed by atoms with Gasteiger partial charge in [0.25, 0.3) is 0 Å². The van der Waals surface area contributed by atoms with Crippen LogP contribution in [-0.2, 0) is 13.0 Å². The summed E-state index contributed by atoms with van der Waals surface area (Å²) in [5.74, 6) is 0. The van der Waals surface area contributed by atoms with Gasteiger partial charge in [-0.2, -0.15) is 0 Å². The molecule has 0 aliphatic carbocycles. The first kappa shape index (κ1) is 15.3. The fourth-order valence-corrected chi connectivity index (χ4v) is 3.17. The van der Waals surface area contributed by atoms with Crippen LogP contribution < -0.4 is 10.6 Å². The highest BCUT2D eigenvalue weighted by Crippen LogP contribution is 2.23. The first-order chi connectivity index (χ1) is 9.65. The van der Waals surface area contributed by atoms with Gasteiger partial charge in [0.2, 0.25) is 0 Å². The molecule has 0 aromatic carbocycles. The molecule has 1 unspecified atom stereocenters. The quantitative estimate of drug-likeness (QED) is 0.739. The van der Waals surface area contributed by atoms with Crippen LogP contribution in [0.2, 0.25) is 0 Å². The molecule has 2 rings (SSSR count). The lowest BCUT2D eigenvalue weighted by Crippen LogP contribution is -2.42. The number of urea groups is 1. The van der Waals surface area contributed by atoms with E-state index in [2.05, 4.69) is 27.0 Å². The largest absolute Gasteiger partial charge is 0.393 e. The van der Waals surface area contributed by atoms with E-state index in [1.54, 1.807) is 6.92 Å². The number of hydrogen-bond donors (Lipinski definition) is 3. The number of carbonyl (C=O) groups excluding carboxylic acids is 1. The van der Waals surface area contributed by atoms with E-state index in [0.29, 0.717) is 19.5 Å². The molecule has 1 aromatic heterocycles. The van der Waals surface area contributed by atoms with Crippen LogP contribution in [0, 0.1) is 0 Å². The molecule has 0 spiro atoms. The lowest BCUT2D eigenvalue weighted by Gasteiger charge is -2.26. The molecule has 1 aliphatic rings. The Balaban J connectivity index is 1.58. The first-order valence-electron chi connectivity index (χ1n) is 7.12. The standard InChI is InChI=1S/C14H23N3O2S/c1-11(18)2-5-15-14(19)16-6-8-17-7-3-13-12(10-17)4-9-20-13/h4,9,11,18H,2-3,5-8,10H2,1H3,(H2,15,16,19). The zero-order valence-corrected chi connectivity index (χ0v) is 12.7. The molecule has 1 atom stereocenters. The number of aliphatic hydroxyl groups excluding tert-OH is 1. The molecule has 0 fully saturated rings. The molecule has 5 nitrogen and oxygen atoms in total. The maximum Gasteiger partial charge on any atom is 0.314 e. The fourth-order valence-electron chi connectivity index (χ4n) is 2.28. The second-order valence-electron chi connectivity index (χ2n) is 5.22. The van der Waals surface area contributed by atoms with E-state index in [1.165, 1.54) is 10.4 Å². The Morgan fingerprint density at radius 3 is 3.10 bits per heavy atom. The van der Waals surface area contributed by atoms with E-state index in [4.69, 9.17) is 5.11 Å². The number of hydrogen-bond acceptors (Lipinski definition) is 4. The van der Waals surface area contributed by atoms with Gasteiger partial charge >= 0.3 is 6.03 Å². The van der Waals surface area contributed by atoms with Gasteiger partial charge in [0.1, 0.15) is 0 Å². The van der Waals surface area contributed by atoms with Crippen molar-refractivity contribution in [2.24, 2.45) is 0 Å². The van der Waals surface area contributed by atoms with Gasteiger partial charge in [-0.25, -0.2) is 4.79 Å². The van der Waals surface area contributed by atoms with Crippen molar-refractivity contribution in [1.82, 2.24) is 15.5 Å². The summed E-state index contributed by atoms with van der Waals surface area (Å²) in [5.41, 5.74) is 1.43. The molecule has 2 amide bonds. The highest BCUT2D eigenvalue weighted by molar-refractivity contribution is 7.10. The monoisotopic (exact) mass is 297 g/mol. The lowest BCUT2D eigenvalue weighted by molar-refractivity contribution is 0.183. The van der Waals surface area contributed by atoms with E-state index in [9.17, 15) is 4.79 Å². The summed E-state index contributed by atoms with van der Waals surface area (Å²) < 4.78 is 0. The van der Waals surface area contributed by atoms with Crippen LogP contribution in [0.25, 0.3) is 0 Å². The summed E-state index contributed by atoms with van der Waals surface area (Å²) in [4.78, 5) is 15.4. The third-order valence-electron chi connectivity index (χ3n) is 3.45. The van der Waals surface area contributed by atoms with Gasteiger partial charge in [0.05, 0.1) is 6.10 Å². The average molecular weight is 297 g/mol. The minimum Gasteiger partial charge on any atom is -0.393 e. The van der Waals surface area contributed by atoms with Crippen molar-refractivity contribution >= 4 is 17.4 Å². The van der Waals surface area contributed by atoms with Crippen molar-refractivity contribution in [2.75, 3.05) is 26.2 Å². The Bertz CT molecular complexity index is 434. The minimum atomic E-state index is -0.372. The number of nitrogens with zero attached hydrogens (tertiary/aromatic N) is 1. The summed E-state index contributed by atoms with van der Waals surface area (Å²) in [7, 11) is 0. The van der Waals surface area contributed by atoms with Crippen molar-refractivity contribution in [2.45, 2.75) is 32.4 Å². The number of amides is 2. The van der Waals surface area contributed by atoms with Crippen LogP contribution in [0.3, 0.4) is 0 Å². The molecule has 0 radical (unpaired) electrons. The average Bonchev–Trinajstić information content (AvgIpc) is 2.85. The number of thiophene rings is 1. The molecule has 0 saturated carbocycles. The normalized spacial score (nSPS) is 16.5. The van der Waals surface area contributed by atoms with E-state index < -0.39 is 0 Å². The molecule has 1 aromatic rings. The van der Waals surface area contributed by atoms with Crippen LogP contribution in [0.4, 0.5) is 4.79 Å². The van der Waals surface area contributed by atoms with E-state index >= 15 is 0 Å². The Hall–Kier alpha value is -1.11. The predicted molar refractivity (Wildman–Crippen MR) is 81.0 cm³/mol. The second kappa shape index (κ2) is 7.61. The topological polar surface area (TPSA) is 64.6 Å². The van der Waals surface area contributed by atoms with Gasteiger partial charge in [0, 0.05) is 37.6 Å². The van der Waals surface area contributed by atoms with E-state index in [0.717, 1.165) is 26.1 Å². The number of aliphatic hydroxyl groups is 1. The maximum absolute atomic E-state index is 11.5. The van der Waals surface area contributed by atoms with Gasteiger partial charge in [0.15, 0.2) is 0 Å². The van der Waals surface area contributed by atoms with Crippen molar-refractivity contribution in [1.29, 1.82) is 0 Å². The van der Waals surface area contributed by atoms with E-state index in [-0.39, 0.29) is 12.1 Å². The zero-order chi connectivity index (χ0) is 14.4. The third-order valence-corrected chi connectivity index (χ3v) is 4.47. The van der Waals surface area contributed by atoms with Crippen molar-refractivity contribution < 1.29 is 9.90 Å². The summed E-state index contributed by atoms with van der Waals surface area (Å²) in [6.45, 7) is 5.81. The molecule has 2 heterocycles. The predicted octanol–water partition coefficient (Wildman–Crippen LogP) is 1.18. The summed E-state index contributed by atoms with van der Waals surface area (Å²) in [5, 5.41) is 16.8. The van der Waals surface area contributed by atoms with Gasteiger partial charge < -0.3 is 15.7 Å². The highest BCUT2D eigenvalue weighted by Gasteiger charge is 2.16. The first-order valence-corrected chi connectivity index (χ1v) is 8.00. The summed E-state index contributed by atoms with van der Waals surface area (Å²) in [6, 6.07) is 2.04. The van der Waals surface area contributed by atoms with Crippen molar-refractivity contribution in [3.05, 3.63) is 21.9 Å². The molecular formula is C14H23N3O2S. The number of rotatable bonds is 6. The molecule has 6 heteroatoms.